The van der Waals surface area contributed by atoms with Crippen molar-refractivity contribution >= 4 is 24.1 Å². The van der Waals surface area contributed by atoms with Crippen LogP contribution < -0.4 is 9.80 Å². The van der Waals surface area contributed by atoms with E-state index in [0.29, 0.717) is 31.7 Å². The highest BCUT2D eigenvalue weighted by Crippen LogP contribution is 2.17. The summed E-state index contributed by atoms with van der Waals surface area (Å²) in [5.41, 5.74) is 0.583. The first kappa shape index (κ1) is 18.1. The van der Waals surface area contributed by atoms with E-state index in [1.807, 2.05) is 18.2 Å². The van der Waals surface area contributed by atoms with Crippen LogP contribution in [-0.4, -0.2) is 89.4 Å². The molecule has 2 aromatic heterocycles. The average Bonchev–Trinajstić information content (AvgIpc) is 2.79. The van der Waals surface area contributed by atoms with Gasteiger partial charge in [0.05, 0.1) is 5.56 Å². The molecule has 2 aromatic rings. The molecule has 2 saturated heterocycles. The molecule has 4 rings (SSSR count). The molecule has 2 aliphatic heterocycles. The minimum Gasteiger partial charge on any atom is -0.353 e. The minimum absolute atomic E-state index is 0.0318. The molecule has 4 heterocycles. The fourth-order valence-electron chi connectivity index (χ4n) is 3.50. The Morgan fingerprint density at radius 1 is 0.857 bits per heavy atom. The number of carbonyl (C=O) groups excluding carboxylic acids is 2. The third kappa shape index (κ3) is 3.88. The van der Waals surface area contributed by atoms with Gasteiger partial charge in [-0.1, -0.05) is 0 Å². The van der Waals surface area contributed by atoms with Gasteiger partial charge < -0.3 is 19.6 Å². The number of carbonyl (C=O) groups is 2. The molecule has 9 heteroatoms. The molecule has 0 radical (unpaired) electrons. The van der Waals surface area contributed by atoms with Gasteiger partial charge in [0.15, 0.2) is 0 Å². The Morgan fingerprint density at radius 2 is 1.54 bits per heavy atom. The first-order valence-corrected chi connectivity index (χ1v) is 9.46. The standard InChI is InChI=1S/C19H23N7O2/c27-15-23-6-8-25(9-7-23)18(28)16-2-3-17(22-14-16)24-10-12-26(13-11-24)19-20-4-1-5-21-19/h1-5,14-15H,6-13H2. The van der Waals surface area contributed by atoms with Gasteiger partial charge in [-0.05, 0) is 18.2 Å². The van der Waals surface area contributed by atoms with Crippen molar-refractivity contribution in [2.75, 3.05) is 62.2 Å². The fourth-order valence-corrected chi connectivity index (χ4v) is 3.50. The number of rotatable bonds is 4. The molecular weight excluding hydrogens is 358 g/mol. The third-order valence-corrected chi connectivity index (χ3v) is 5.18. The third-order valence-electron chi connectivity index (χ3n) is 5.18. The smallest absolute Gasteiger partial charge is 0.255 e. The molecular formula is C19H23N7O2. The number of piperazine rings is 2. The van der Waals surface area contributed by atoms with Crippen LogP contribution in [0.5, 0.6) is 0 Å². The Bertz CT molecular complexity index is 799. The Hall–Kier alpha value is -3.23. The lowest BCUT2D eigenvalue weighted by Gasteiger charge is -2.35. The SMILES string of the molecule is O=CN1CCN(C(=O)c2ccc(N3CCN(c4ncccn4)CC3)nc2)CC1. The first-order chi connectivity index (χ1) is 13.7. The predicted octanol–water partition coefficient (Wildman–Crippen LogP) is 0.112. The van der Waals surface area contributed by atoms with Crippen LogP contribution in [0.25, 0.3) is 0 Å². The lowest BCUT2D eigenvalue weighted by atomic mass is 10.2. The van der Waals surface area contributed by atoms with Gasteiger partial charge in [-0.25, -0.2) is 15.0 Å². The van der Waals surface area contributed by atoms with E-state index < -0.39 is 0 Å². The number of hydrogen-bond donors (Lipinski definition) is 0. The minimum atomic E-state index is -0.0318. The van der Waals surface area contributed by atoms with Crippen molar-refractivity contribution in [3.8, 4) is 0 Å². The molecule has 0 bridgehead atoms. The van der Waals surface area contributed by atoms with Gasteiger partial charge >= 0.3 is 0 Å². The van der Waals surface area contributed by atoms with Gasteiger partial charge in [0.25, 0.3) is 5.91 Å². The second kappa shape index (κ2) is 8.20. The van der Waals surface area contributed by atoms with Crippen molar-refractivity contribution in [3.05, 3.63) is 42.4 Å². The second-order valence-electron chi connectivity index (χ2n) is 6.86. The zero-order valence-corrected chi connectivity index (χ0v) is 15.6. The van der Waals surface area contributed by atoms with Gasteiger partial charge in [-0.2, -0.15) is 0 Å². The van der Waals surface area contributed by atoms with Gasteiger partial charge in [-0.15, -0.1) is 0 Å². The second-order valence-corrected chi connectivity index (χ2v) is 6.86. The van der Waals surface area contributed by atoms with E-state index in [1.54, 1.807) is 28.4 Å². The summed E-state index contributed by atoms with van der Waals surface area (Å²) in [5, 5.41) is 0. The van der Waals surface area contributed by atoms with Crippen molar-refractivity contribution in [1.29, 1.82) is 0 Å². The van der Waals surface area contributed by atoms with E-state index in [0.717, 1.165) is 44.4 Å². The first-order valence-electron chi connectivity index (χ1n) is 9.46. The number of pyridine rings is 1. The lowest BCUT2D eigenvalue weighted by molar-refractivity contribution is -0.119. The van der Waals surface area contributed by atoms with Crippen LogP contribution in [0.15, 0.2) is 36.8 Å². The van der Waals surface area contributed by atoms with Crippen LogP contribution >= 0.6 is 0 Å². The van der Waals surface area contributed by atoms with Crippen LogP contribution in [0.4, 0.5) is 11.8 Å². The maximum absolute atomic E-state index is 12.6. The highest BCUT2D eigenvalue weighted by Gasteiger charge is 2.23. The van der Waals surface area contributed by atoms with Crippen molar-refractivity contribution in [2.45, 2.75) is 0 Å². The largest absolute Gasteiger partial charge is 0.353 e. The summed E-state index contributed by atoms with van der Waals surface area (Å²) in [6.45, 7) is 5.58. The fraction of sp³-hybridized carbons (Fsp3) is 0.421. The molecule has 0 N–H and O–H groups in total. The van der Waals surface area contributed by atoms with Crippen molar-refractivity contribution in [1.82, 2.24) is 24.8 Å². The summed E-state index contributed by atoms with van der Waals surface area (Å²) >= 11 is 0. The monoisotopic (exact) mass is 381 g/mol. The number of hydrogen-bond acceptors (Lipinski definition) is 7. The van der Waals surface area contributed by atoms with Gasteiger partial charge in [0.1, 0.15) is 5.82 Å². The normalized spacial score (nSPS) is 17.6. The molecule has 0 spiro atoms. The zero-order chi connectivity index (χ0) is 19.3. The van der Waals surface area contributed by atoms with Crippen molar-refractivity contribution < 1.29 is 9.59 Å². The van der Waals surface area contributed by atoms with Gasteiger partial charge in [-0.3, -0.25) is 9.59 Å². The van der Waals surface area contributed by atoms with Crippen LogP contribution in [0.3, 0.4) is 0 Å². The predicted molar refractivity (Wildman–Crippen MR) is 104 cm³/mol. The van der Waals surface area contributed by atoms with Crippen LogP contribution in [0.1, 0.15) is 10.4 Å². The molecule has 2 aliphatic rings. The summed E-state index contributed by atoms with van der Waals surface area (Å²) < 4.78 is 0. The number of amides is 2. The Labute approximate surface area is 163 Å². The van der Waals surface area contributed by atoms with Gasteiger partial charge in [0, 0.05) is 70.9 Å². The summed E-state index contributed by atoms with van der Waals surface area (Å²) in [7, 11) is 0. The summed E-state index contributed by atoms with van der Waals surface area (Å²) in [4.78, 5) is 44.4. The van der Waals surface area contributed by atoms with Crippen LogP contribution in [0, 0.1) is 0 Å². The van der Waals surface area contributed by atoms with E-state index in [4.69, 9.17) is 0 Å². The quantitative estimate of drug-likeness (QED) is 0.695. The van der Waals surface area contributed by atoms with E-state index in [2.05, 4.69) is 24.8 Å². The number of aromatic nitrogens is 3. The molecule has 0 aromatic carbocycles. The molecule has 2 amide bonds. The Kier molecular flexibility index (Phi) is 5.31. The summed E-state index contributed by atoms with van der Waals surface area (Å²) in [6.07, 6.45) is 5.99. The number of anilines is 2. The van der Waals surface area contributed by atoms with E-state index in [9.17, 15) is 9.59 Å². The molecule has 28 heavy (non-hydrogen) atoms. The molecule has 146 valence electrons. The Balaban J connectivity index is 1.34. The van der Waals surface area contributed by atoms with Crippen molar-refractivity contribution in [2.24, 2.45) is 0 Å². The highest BCUT2D eigenvalue weighted by molar-refractivity contribution is 5.94. The zero-order valence-electron chi connectivity index (χ0n) is 15.6. The molecule has 0 unspecified atom stereocenters. The van der Waals surface area contributed by atoms with E-state index >= 15 is 0 Å². The molecule has 0 aliphatic carbocycles. The highest BCUT2D eigenvalue weighted by atomic mass is 16.2. The van der Waals surface area contributed by atoms with Crippen molar-refractivity contribution in [3.63, 3.8) is 0 Å². The maximum atomic E-state index is 12.6. The van der Waals surface area contributed by atoms with E-state index in [-0.39, 0.29) is 5.91 Å². The number of nitrogens with zero attached hydrogens (tertiary/aromatic N) is 7. The molecule has 9 nitrogen and oxygen atoms in total. The lowest BCUT2D eigenvalue weighted by Crippen LogP contribution is -2.48. The summed E-state index contributed by atoms with van der Waals surface area (Å²) in [5.74, 6) is 1.59. The maximum Gasteiger partial charge on any atom is 0.255 e. The summed E-state index contributed by atoms with van der Waals surface area (Å²) in [6, 6.07) is 5.56. The van der Waals surface area contributed by atoms with E-state index in [1.165, 1.54) is 0 Å². The molecule has 0 saturated carbocycles. The van der Waals surface area contributed by atoms with Crippen LogP contribution in [0.2, 0.25) is 0 Å². The van der Waals surface area contributed by atoms with Gasteiger partial charge in [0.2, 0.25) is 12.4 Å². The molecule has 2 fully saturated rings. The topological polar surface area (TPSA) is 85.8 Å². The van der Waals surface area contributed by atoms with Crippen LogP contribution in [-0.2, 0) is 4.79 Å². The Morgan fingerprint density at radius 3 is 2.14 bits per heavy atom. The average molecular weight is 381 g/mol. The molecule has 0 atom stereocenters.